The van der Waals surface area contributed by atoms with E-state index in [0.717, 1.165) is 12.8 Å². The Labute approximate surface area is 101 Å². The van der Waals surface area contributed by atoms with Gasteiger partial charge < -0.3 is 15.2 Å². The summed E-state index contributed by atoms with van der Waals surface area (Å²) in [4.78, 5) is 22.7. The van der Waals surface area contributed by atoms with Crippen LogP contribution in [0.3, 0.4) is 0 Å². The van der Waals surface area contributed by atoms with Crippen molar-refractivity contribution in [3.8, 4) is 0 Å². The van der Waals surface area contributed by atoms with E-state index in [1.807, 2.05) is 6.92 Å². The lowest BCUT2D eigenvalue weighted by atomic mass is 9.73. The van der Waals surface area contributed by atoms with Gasteiger partial charge in [-0.15, -0.1) is 0 Å². The summed E-state index contributed by atoms with van der Waals surface area (Å²) in [5, 5.41) is 11.9. The molecule has 4 unspecified atom stereocenters. The summed E-state index contributed by atoms with van der Waals surface area (Å²) < 4.78 is 5.40. The van der Waals surface area contributed by atoms with Crippen molar-refractivity contribution in [2.75, 3.05) is 6.61 Å². The van der Waals surface area contributed by atoms with Gasteiger partial charge in [-0.05, 0) is 32.6 Å². The Kier molecular flexibility index (Phi) is 3.66. The van der Waals surface area contributed by atoms with Gasteiger partial charge in [0.2, 0.25) is 5.91 Å². The molecular weight excluding hydrogens is 222 g/mol. The van der Waals surface area contributed by atoms with Crippen LogP contribution in [-0.2, 0) is 14.3 Å². The minimum atomic E-state index is -0.850. The highest BCUT2D eigenvalue weighted by molar-refractivity contribution is 5.86. The van der Waals surface area contributed by atoms with E-state index in [1.165, 1.54) is 0 Å². The van der Waals surface area contributed by atoms with Gasteiger partial charge in [0.25, 0.3) is 0 Å². The second-order valence-corrected chi connectivity index (χ2v) is 5.04. The molecule has 0 aromatic heterocycles. The van der Waals surface area contributed by atoms with Crippen LogP contribution < -0.4 is 5.32 Å². The van der Waals surface area contributed by atoms with Gasteiger partial charge in [-0.3, -0.25) is 9.59 Å². The van der Waals surface area contributed by atoms with E-state index in [0.29, 0.717) is 19.4 Å². The summed E-state index contributed by atoms with van der Waals surface area (Å²) >= 11 is 0. The molecule has 0 spiro atoms. The lowest BCUT2D eigenvalue weighted by molar-refractivity contribution is -0.153. The van der Waals surface area contributed by atoms with Crippen molar-refractivity contribution in [2.24, 2.45) is 11.8 Å². The number of ether oxygens (including phenoxy) is 1. The van der Waals surface area contributed by atoms with Crippen LogP contribution in [0.25, 0.3) is 0 Å². The Hall–Kier alpha value is -1.10. The predicted octanol–water partition coefficient (Wildman–Crippen LogP) is 0.781. The molecule has 2 rings (SSSR count). The average Bonchev–Trinajstić information content (AvgIpc) is 2.13. The molecule has 1 saturated carbocycles. The van der Waals surface area contributed by atoms with Crippen LogP contribution in [-0.4, -0.2) is 35.7 Å². The molecule has 1 heterocycles. The summed E-state index contributed by atoms with van der Waals surface area (Å²) in [6.45, 7) is 2.65. The highest BCUT2D eigenvalue weighted by Gasteiger charge is 2.42. The molecule has 5 nitrogen and oxygen atoms in total. The number of rotatable bonds is 3. The average molecular weight is 241 g/mol. The minimum Gasteiger partial charge on any atom is -0.481 e. The summed E-state index contributed by atoms with van der Waals surface area (Å²) in [5.74, 6) is -1.75. The number of hydrogen-bond acceptors (Lipinski definition) is 3. The van der Waals surface area contributed by atoms with E-state index in [9.17, 15) is 9.59 Å². The second kappa shape index (κ2) is 5.04. The van der Waals surface area contributed by atoms with E-state index in [-0.39, 0.29) is 24.0 Å². The molecule has 0 radical (unpaired) electrons. The van der Waals surface area contributed by atoms with Crippen molar-refractivity contribution in [3.63, 3.8) is 0 Å². The smallest absolute Gasteiger partial charge is 0.307 e. The number of carboxylic acids is 1. The first-order chi connectivity index (χ1) is 8.08. The first kappa shape index (κ1) is 12.4. The quantitative estimate of drug-likeness (QED) is 0.765. The fraction of sp³-hybridized carbons (Fsp3) is 0.833. The lowest BCUT2D eigenvalue weighted by Crippen LogP contribution is -2.49. The van der Waals surface area contributed by atoms with Crippen LogP contribution >= 0.6 is 0 Å². The summed E-state index contributed by atoms with van der Waals surface area (Å²) in [7, 11) is 0. The van der Waals surface area contributed by atoms with E-state index >= 15 is 0 Å². The summed E-state index contributed by atoms with van der Waals surface area (Å²) in [6, 6.07) is 0.140. The number of carbonyl (C=O) groups excluding carboxylic acids is 1. The van der Waals surface area contributed by atoms with Crippen LogP contribution in [0.15, 0.2) is 0 Å². The fourth-order valence-corrected chi connectivity index (χ4v) is 2.55. The summed E-state index contributed by atoms with van der Waals surface area (Å²) in [6.07, 6.45) is 3.13. The van der Waals surface area contributed by atoms with Gasteiger partial charge in [0.15, 0.2) is 0 Å². The third kappa shape index (κ3) is 2.77. The van der Waals surface area contributed by atoms with Crippen LogP contribution in [0.4, 0.5) is 0 Å². The van der Waals surface area contributed by atoms with Crippen molar-refractivity contribution in [2.45, 2.75) is 44.8 Å². The number of aliphatic carboxylic acids is 1. The zero-order valence-corrected chi connectivity index (χ0v) is 10.0. The Morgan fingerprint density at radius 2 is 1.94 bits per heavy atom. The van der Waals surface area contributed by atoms with Crippen molar-refractivity contribution < 1.29 is 19.4 Å². The van der Waals surface area contributed by atoms with Crippen molar-refractivity contribution in [1.82, 2.24) is 5.32 Å². The molecule has 1 saturated heterocycles. The van der Waals surface area contributed by atoms with Gasteiger partial charge in [0.1, 0.15) is 0 Å². The van der Waals surface area contributed by atoms with Crippen molar-refractivity contribution in [1.29, 1.82) is 0 Å². The fourth-order valence-electron chi connectivity index (χ4n) is 2.55. The second-order valence-electron chi connectivity index (χ2n) is 5.04. The molecule has 1 aliphatic heterocycles. The van der Waals surface area contributed by atoms with Gasteiger partial charge in [-0.1, -0.05) is 0 Å². The van der Waals surface area contributed by atoms with Gasteiger partial charge in [0, 0.05) is 12.6 Å². The molecule has 0 aromatic rings. The van der Waals surface area contributed by atoms with Gasteiger partial charge in [0.05, 0.1) is 17.9 Å². The van der Waals surface area contributed by atoms with Crippen LogP contribution in [0.5, 0.6) is 0 Å². The largest absolute Gasteiger partial charge is 0.481 e. The lowest BCUT2D eigenvalue weighted by Gasteiger charge is -2.35. The van der Waals surface area contributed by atoms with Crippen LogP contribution in [0.1, 0.15) is 32.6 Å². The molecule has 5 heteroatoms. The maximum Gasteiger partial charge on any atom is 0.307 e. The standard InChI is InChI=1S/C12H19NO4/c1-7-6-8(4-5-17-7)13-11(14)9-2-3-10(9)12(15)16/h7-10H,2-6H2,1H3,(H,13,14)(H,15,16). The van der Waals surface area contributed by atoms with Crippen LogP contribution in [0.2, 0.25) is 0 Å². The van der Waals surface area contributed by atoms with E-state index in [2.05, 4.69) is 5.32 Å². The molecule has 2 aliphatic rings. The normalized spacial score (nSPS) is 37.0. The zero-order valence-electron chi connectivity index (χ0n) is 10.0. The maximum absolute atomic E-state index is 11.9. The van der Waals surface area contributed by atoms with E-state index < -0.39 is 11.9 Å². The number of hydrogen-bond donors (Lipinski definition) is 2. The molecule has 1 amide bonds. The highest BCUT2D eigenvalue weighted by atomic mass is 16.5. The highest BCUT2D eigenvalue weighted by Crippen LogP contribution is 2.34. The summed E-state index contributed by atoms with van der Waals surface area (Å²) in [5.41, 5.74) is 0. The molecule has 1 aliphatic carbocycles. The van der Waals surface area contributed by atoms with E-state index in [1.54, 1.807) is 0 Å². The first-order valence-corrected chi connectivity index (χ1v) is 6.22. The molecule has 0 bridgehead atoms. The maximum atomic E-state index is 11.9. The van der Waals surface area contributed by atoms with Gasteiger partial charge in [-0.2, -0.15) is 0 Å². The van der Waals surface area contributed by atoms with Crippen LogP contribution in [0, 0.1) is 11.8 Å². The molecule has 96 valence electrons. The number of carbonyl (C=O) groups is 2. The predicted molar refractivity (Wildman–Crippen MR) is 60.4 cm³/mol. The number of nitrogens with one attached hydrogen (secondary N) is 1. The molecule has 2 fully saturated rings. The van der Waals surface area contributed by atoms with E-state index in [4.69, 9.17) is 9.84 Å². The topological polar surface area (TPSA) is 75.6 Å². The minimum absolute atomic E-state index is 0.0947. The third-order valence-electron chi connectivity index (χ3n) is 3.76. The Balaban J connectivity index is 1.82. The molecular formula is C12H19NO4. The zero-order chi connectivity index (χ0) is 12.4. The molecule has 17 heavy (non-hydrogen) atoms. The molecule has 2 N–H and O–H groups in total. The van der Waals surface area contributed by atoms with Crippen molar-refractivity contribution in [3.05, 3.63) is 0 Å². The first-order valence-electron chi connectivity index (χ1n) is 6.22. The molecule has 0 aromatic carbocycles. The molecule has 4 atom stereocenters. The number of amides is 1. The SMILES string of the molecule is CC1CC(NC(=O)C2CCC2C(=O)O)CCO1. The Morgan fingerprint density at radius 3 is 2.47 bits per heavy atom. The monoisotopic (exact) mass is 241 g/mol. The Morgan fingerprint density at radius 1 is 1.24 bits per heavy atom. The number of carboxylic acid groups (broad SMARTS) is 1. The van der Waals surface area contributed by atoms with Gasteiger partial charge >= 0.3 is 5.97 Å². The van der Waals surface area contributed by atoms with Gasteiger partial charge in [-0.25, -0.2) is 0 Å². The Bertz CT molecular complexity index is 318. The van der Waals surface area contributed by atoms with Crippen molar-refractivity contribution >= 4 is 11.9 Å². The third-order valence-corrected chi connectivity index (χ3v) is 3.76.